The van der Waals surface area contributed by atoms with Crippen LogP contribution in [0.1, 0.15) is 15.9 Å². The molecule has 0 atom stereocenters. The number of ether oxygens (including phenoxy) is 2. The second-order valence-electron chi connectivity index (χ2n) is 6.83. The molecule has 160 valence electrons. The van der Waals surface area contributed by atoms with Gasteiger partial charge in [0.05, 0.1) is 32.0 Å². The Morgan fingerprint density at radius 1 is 0.839 bits per heavy atom. The third-order valence-corrected chi connectivity index (χ3v) is 4.60. The molecule has 0 fully saturated rings. The summed E-state index contributed by atoms with van der Waals surface area (Å²) < 4.78 is 10.5. The Hall–Kier alpha value is -4.00. The van der Waals surface area contributed by atoms with Crippen molar-refractivity contribution in [1.82, 2.24) is 0 Å². The van der Waals surface area contributed by atoms with E-state index in [1.807, 2.05) is 31.2 Å². The maximum Gasteiger partial charge on any atom is 0.257 e. The SMILES string of the molecule is COc1ccc(OC)c(NC(=O)CNc2ccccc2C(=O)Nc2ccc(C)cc2)c1. The summed E-state index contributed by atoms with van der Waals surface area (Å²) in [7, 11) is 3.08. The fourth-order valence-corrected chi connectivity index (χ4v) is 2.95. The molecule has 0 unspecified atom stereocenters. The lowest BCUT2D eigenvalue weighted by Crippen LogP contribution is -2.23. The highest BCUT2D eigenvalue weighted by Crippen LogP contribution is 2.28. The van der Waals surface area contributed by atoms with Gasteiger partial charge in [0.1, 0.15) is 11.5 Å². The molecule has 3 N–H and O–H groups in total. The number of carbonyl (C=O) groups is 2. The van der Waals surface area contributed by atoms with Gasteiger partial charge in [0.25, 0.3) is 5.91 Å². The molecule has 3 aromatic rings. The number of carbonyl (C=O) groups excluding carboxylic acids is 2. The van der Waals surface area contributed by atoms with Crippen LogP contribution in [0.25, 0.3) is 0 Å². The highest BCUT2D eigenvalue weighted by molar-refractivity contribution is 6.08. The van der Waals surface area contributed by atoms with Crippen LogP contribution in [-0.2, 0) is 4.79 Å². The highest BCUT2D eigenvalue weighted by atomic mass is 16.5. The van der Waals surface area contributed by atoms with Crippen LogP contribution in [0, 0.1) is 6.92 Å². The molecule has 0 spiro atoms. The van der Waals surface area contributed by atoms with Gasteiger partial charge in [-0.2, -0.15) is 0 Å². The zero-order valence-electron chi connectivity index (χ0n) is 17.7. The van der Waals surface area contributed by atoms with Gasteiger partial charge in [-0.3, -0.25) is 9.59 Å². The summed E-state index contributed by atoms with van der Waals surface area (Å²) in [6.07, 6.45) is 0. The molecule has 7 nitrogen and oxygen atoms in total. The van der Waals surface area contributed by atoms with Crippen molar-refractivity contribution < 1.29 is 19.1 Å². The molecule has 0 saturated carbocycles. The maximum absolute atomic E-state index is 12.7. The van der Waals surface area contributed by atoms with Crippen LogP contribution in [0.5, 0.6) is 11.5 Å². The summed E-state index contributed by atoms with van der Waals surface area (Å²) in [6, 6.07) is 19.7. The summed E-state index contributed by atoms with van der Waals surface area (Å²) >= 11 is 0. The average Bonchev–Trinajstić information content (AvgIpc) is 2.79. The molecule has 31 heavy (non-hydrogen) atoms. The van der Waals surface area contributed by atoms with Crippen molar-refractivity contribution >= 4 is 28.9 Å². The molecule has 0 radical (unpaired) electrons. The average molecular weight is 419 g/mol. The van der Waals surface area contributed by atoms with E-state index in [2.05, 4.69) is 16.0 Å². The van der Waals surface area contributed by atoms with E-state index < -0.39 is 0 Å². The van der Waals surface area contributed by atoms with Crippen LogP contribution in [0.2, 0.25) is 0 Å². The Balaban J connectivity index is 1.66. The van der Waals surface area contributed by atoms with E-state index in [0.29, 0.717) is 34.1 Å². The predicted molar refractivity (Wildman–Crippen MR) is 122 cm³/mol. The highest BCUT2D eigenvalue weighted by Gasteiger charge is 2.13. The monoisotopic (exact) mass is 419 g/mol. The summed E-state index contributed by atoms with van der Waals surface area (Å²) in [5.74, 6) is 0.566. The zero-order valence-corrected chi connectivity index (χ0v) is 17.7. The van der Waals surface area contributed by atoms with Gasteiger partial charge in [0.2, 0.25) is 5.91 Å². The van der Waals surface area contributed by atoms with Crippen molar-refractivity contribution in [3.63, 3.8) is 0 Å². The standard InChI is InChI=1S/C24H25N3O4/c1-16-8-10-17(11-9-16)26-24(29)19-6-4-5-7-20(19)25-15-23(28)27-21-14-18(30-2)12-13-22(21)31-3/h4-14,25H,15H2,1-3H3,(H,26,29)(H,27,28). The van der Waals surface area contributed by atoms with E-state index in [-0.39, 0.29) is 18.4 Å². The maximum atomic E-state index is 12.7. The second kappa shape index (κ2) is 10.2. The molecule has 0 aliphatic heterocycles. The number of para-hydroxylation sites is 1. The normalized spacial score (nSPS) is 10.2. The van der Waals surface area contributed by atoms with Crippen LogP contribution >= 0.6 is 0 Å². The number of rotatable bonds is 8. The van der Waals surface area contributed by atoms with Gasteiger partial charge < -0.3 is 25.4 Å². The second-order valence-corrected chi connectivity index (χ2v) is 6.83. The Kier molecular flexibility index (Phi) is 7.11. The lowest BCUT2D eigenvalue weighted by molar-refractivity contribution is -0.114. The van der Waals surface area contributed by atoms with Crippen molar-refractivity contribution in [2.75, 3.05) is 36.7 Å². The number of hydrogen-bond donors (Lipinski definition) is 3. The first-order chi connectivity index (χ1) is 15.0. The zero-order chi connectivity index (χ0) is 22.2. The van der Waals surface area contributed by atoms with Gasteiger partial charge in [-0.15, -0.1) is 0 Å². The fraction of sp³-hybridized carbons (Fsp3) is 0.167. The molecule has 0 saturated heterocycles. The summed E-state index contributed by atoms with van der Waals surface area (Å²) in [6.45, 7) is 1.95. The molecular weight excluding hydrogens is 394 g/mol. The minimum Gasteiger partial charge on any atom is -0.497 e. The van der Waals surface area contributed by atoms with Crippen LogP contribution in [0.3, 0.4) is 0 Å². The van der Waals surface area contributed by atoms with Gasteiger partial charge >= 0.3 is 0 Å². The smallest absolute Gasteiger partial charge is 0.257 e. The van der Waals surface area contributed by atoms with E-state index in [4.69, 9.17) is 9.47 Å². The Morgan fingerprint density at radius 2 is 1.58 bits per heavy atom. The van der Waals surface area contributed by atoms with Gasteiger partial charge in [0.15, 0.2) is 0 Å². The third-order valence-electron chi connectivity index (χ3n) is 4.60. The fourth-order valence-electron chi connectivity index (χ4n) is 2.95. The largest absolute Gasteiger partial charge is 0.497 e. The minimum absolute atomic E-state index is 0.0326. The first-order valence-electron chi connectivity index (χ1n) is 9.73. The van der Waals surface area contributed by atoms with Crippen LogP contribution in [0.4, 0.5) is 17.1 Å². The Bertz CT molecular complexity index is 1060. The summed E-state index contributed by atoms with van der Waals surface area (Å²) in [4.78, 5) is 25.2. The predicted octanol–water partition coefficient (Wildman–Crippen LogP) is 4.32. The molecule has 3 rings (SSSR count). The number of hydrogen-bond acceptors (Lipinski definition) is 5. The van der Waals surface area contributed by atoms with Crippen LogP contribution < -0.4 is 25.4 Å². The molecule has 0 aliphatic rings. The molecular formula is C24H25N3O4. The first-order valence-corrected chi connectivity index (χ1v) is 9.73. The molecule has 7 heteroatoms. The Morgan fingerprint density at radius 3 is 2.29 bits per heavy atom. The molecule has 0 aromatic heterocycles. The van der Waals surface area contributed by atoms with Crippen LogP contribution in [-0.4, -0.2) is 32.6 Å². The molecule has 2 amide bonds. The van der Waals surface area contributed by atoms with Crippen molar-refractivity contribution in [2.45, 2.75) is 6.92 Å². The molecule has 3 aromatic carbocycles. The van der Waals surface area contributed by atoms with E-state index in [0.717, 1.165) is 5.56 Å². The Labute approximate surface area is 181 Å². The molecule has 0 bridgehead atoms. The number of amides is 2. The van der Waals surface area contributed by atoms with Gasteiger partial charge in [-0.1, -0.05) is 29.8 Å². The number of aryl methyl sites for hydroxylation is 1. The van der Waals surface area contributed by atoms with Crippen molar-refractivity contribution in [1.29, 1.82) is 0 Å². The minimum atomic E-state index is -0.291. The lowest BCUT2D eigenvalue weighted by Gasteiger charge is -2.14. The summed E-state index contributed by atoms with van der Waals surface area (Å²) in [5, 5.41) is 8.69. The van der Waals surface area contributed by atoms with Crippen molar-refractivity contribution in [3.8, 4) is 11.5 Å². The molecule has 0 aliphatic carbocycles. The topological polar surface area (TPSA) is 88.7 Å². The van der Waals surface area contributed by atoms with E-state index in [9.17, 15) is 9.59 Å². The van der Waals surface area contributed by atoms with Crippen molar-refractivity contribution in [3.05, 3.63) is 77.9 Å². The number of anilines is 3. The van der Waals surface area contributed by atoms with Crippen molar-refractivity contribution in [2.24, 2.45) is 0 Å². The first kappa shape index (κ1) is 21.7. The number of nitrogens with one attached hydrogen (secondary N) is 3. The van der Waals surface area contributed by atoms with E-state index in [1.165, 1.54) is 7.11 Å². The van der Waals surface area contributed by atoms with Gasteiger partial charge in [0, 0.05) is 17.4 Å². The quantitative estimate of drug-likeness (QED) is 0.506. The third kappa shape index (κ3) is 5.76. The number of methoxy groups -OCH3 is 2. The number of benzene rings is 3. The van der Waals surface area contributed by atoms with E-state index in [1.54, 1.807) is 49.6 Å². The lowest BCUT2D eigenvalue weighted by atomic mass is 10.1. The summed E-state index contributed by atoms with van der Waals surface area (Å²) in [5.41, 5.74) is 3.31. The van der Waals surface area contributed by atoms with Gasteiger partial charge in [-0.25, -0.2) is 0 Å². The van der Waals surface area contributed by atoms with E-state index >= 15 is 0 Å². The molecule has 0 heterocycles. The van der Waals surface area contributed by atoms with Crippen LogP contribution in [0.15, 0.2) is 66.7 Å². The van der Waals surface area contributed by atoms with Gasteiger partial charge in [-0.05, 0) is 43.3 Å².